The lowest BCUT2D eigenvalue weighted by Crippen LogP contribution is -2.05. The van der Waals surface area contributed by atoms with E-state index in [1.807, 2.05) is 55.5 Å². The quantitative estimate of drug-likeness (QED) is 0.596. The fourth-order valence-electron chi connectivity index (χ4n) is 1.82. The van der Waals surface area contributed by atoms with Crippen LogP contribution in [0.4, 0.5) is 5.69 Å². The molecule has 0 radical (unpaired) electrons. The van der Waals surface area contributed by atoms with Crippen LogP contribution in [0.1, 0.15) is 13.3 Å². The van der Waals surface area contributed by atoms with Crippen LogP contribution in [0.2, 0.25) is 0 Å². The SMILES string of the molecule is CCOc1cccc(OCCCOc2ccc(N)cc2)c1. The predicted molar refractivity (Wildman–Crippen MR) is 84.1 cm³/mol. The number of anilines is 1. The Bertz CT molecular complexity index is 540. The summed E-state index contributed by atoms with van der Waals surface area (Å²) < 4.78 is 16.7. The molecule has 2 aromatic rings. The number of nitrogen functional groups attached to an aromatic ring is 1. The monoisotopic (exact) mass is 287 g/mol. The largest absolute Gasteiger partial charge is 0.494 e. The van der Waals surface area contributed by atoms with E-state index in [-0.39, 0.29) is 0 Å². The van der Waals surface area contributed by atoms with Crippen LogP contribution in [0.25, 0.3) is 0 Å². The average molecular weight is 287 g/mol. The molecule has 0 aliphatic rings. The summed E-state index contributed by atoms with van der Waals surface area (Å²) in [5.74, 6) is 2.46. The van der Waals surface area contributed by atoms with Crippen LogP contribution in [0.15, 0.2) is 48.5 Å². The molecule has 0 aliphatic carbocycles. The van der Waals surface area contributed by atoms with Gasteiger partial charge in [0.2, 0.25) is 0 Å². The molecule has 2 rings (SSSR count). The first-order valence-electron chi connectivity index (χ1n) is 7.12. The lowest BCUT2D eigenvalue weighted by molar-refractivity contribution is 0.246. The van der Waals surface area contributed by atoms with E-state index in [0.717, 1.165) is 29.4 Å². The molecule has 0 saturated carbocycles. The maximum atomic E-state index is 5.67. The fraction of sp³-hybridized carbons (Fsp3) is 0.294. The van der Waals surface area contributed by atoms with Crippen molar-refractivity contribution in [1.82, 2.24) is 0 Å². The molecular formula is C17H21NO3. The third-order valence-corrected chi connectivity index (χ3v) is 2.82. The van der Waals surface area contributed by atoms with Gasteiger partial charge in [-0.15, -0.1) is 0 Å². The smallest absolute Gasteiger partial charge is 0.122 e. The van der Waals surface area contributed by atoms with Crippen LogP contribution in [0.5, 0.6) is 17.2 Å². The van der Waals surface area contributed by atoms with E-state index in [1.54, 1.807) is 0 Å². The minimum absolute atomic E-state index is 0.602. The van der Waals surface area contributed by atoms with Gasteiger partial charge in [0.25, 0.3) is 0 Å². The Morgan fingerprint density at radius 1 is 0.810 bits per heavy atom. The Morgan fingerprint density at radius 2 is 1.43 bits per heavy atom. The van der Waals surface area contributed by atoms with Crippen molar-refractivity contribution in [2.75, 3.05) is 25.6 Å². The molecule has 0 spiro atoms. The first-order valence-corrected chi connectivity index (χ1v) is 7.12. The summed E-state index contributed by atoms with van der Waals surface area (Å²) in [7, 11) is 0. The van der Waals surface area contributed by atoms with E-state index in [0.29, 0.717) is 19.8 Å². The van der Waals surface area contributed by atoms with Gasteiger partial charge < -0.3 is 19.9 Å². The molecule has 2 N–H and O–H groups in total. The minimum atomic E-state index is 0.602. The van der Waals surface area contributed by atoms with Crippen LogP contribution >= 0.6 is 0 Å². The van der Waals surface area contributed by atoms with Gasteiger partial charge in [0.1, 0.15) is 17.2 Å². The van der Waals surface area contributed by atoms with Crippen LogP contribution in [0, 0.1) is 0 Å². The number of benzene rings is 2. The highest BCUT2D eigenvalue weighted by Gasteiger charge is 1.98. The summed E-state index contributed by atoms with van der Waals surface area (Å²) in [6, 6.07) is 15.0. The van der Waals surface area contributed by atoms with E-state index in [4.69, 9.17) is 19.9 Å². The van der Waals surface area contributed by atoms with Crippen molar-refractivity contribution in [1.29, 1.82) is 0 Å². The van der Waals surface area contributed by atoms with Crippen molar-refractivity contribution in [3.8, 4) is 17.2 Å². The highest BCUT2D eigenvalue weighted by atomic mass is 16.5. The standard InChI is InChI=1S/C17H21NO3/c1-2-19-16-5-3-6-17(13-16)21-12-4-11-20-15-9-7-14(18)8-10-15/h3,5-10,13H,2,4,11-12,18H2,1H3. The highest BCUT2D eigenvalue weighted by Crippen LogP contribution is 2.19. The van der Waals surface area contributed by atoms with Crippen LogP contribution in [0.3, 0.4) is 0 Å². The highest BCUT2D eigenvalue weighted by molar-refractivity contribution is 5.41. The molecule has 0 aromatic heterocycles. The Morgan fingerprint density at radius 3 is 2.10 bits per heavy atom. The van der Waals surface area contributed by atoms with Crippen molar-refractivity contribution in [3.63, 3.8) is 0 Å². The summed E-state index contributed by atoms with van der Waals surface area (Å²) in [5.41, 5.74) is 6.35. The summed E-state index contributed by atoms with van der Waals surface area (Å²) in [6.45, 7) is 3.82. The topological polar surface area (TPSA) is 53.7 Å². The maximum absolute atomic E-state index is 5.67. The van der Waals surface area contributed by atoms with E-state index in [1.165, 1.54) is 0 Å². The van der Waals surface area contributed by atoms with Crippen LogP contribution < -0.4 is 19.9 Å². The van der Waals surface area contributed by atoms with E-state index >= 15 is 0 Å². The van der Waals surface area contributed by atoms with E-state index in [9.17, 15) is 0 Å². The number of hydrogen-bond acceptors (Lipinski definition) is 4. The van der Waals surface area contributed by atoms with E-state index in [2.05, 4.69) is 0 Å². The molecule has 21 heavy (non-hydrogen) atoms. The normalized spacial score (nSPS) is 10.1. The molecule has 4 heteroatoms. The fourth-order valence-corrected chi connectivity index (χ4v) is 1.82. The summed E-state index contributed by atoms with van der Waals surface area (Å²) in [5, 5.41) is 0. The van der Waals surface area contributed by atoms with Gasteiger partial charge in [-0.25, -0.2) is 0 Å². The Balaban J connectivity index is 1.67. The number of ether oxygens (including phenoxy) is 3. The molecule has 0 fully saturated rings. The lowest BCUT2D eigenvalue weighted by atomic mass is 10.3. The van der Waals surface area contributed by atoms with Gasteiger partial charge in [-0.3, -0.25) is 0 Å². The van der Waals surface area contributed by atoms with Crippen LogP contribution in [-0.4, -0.2) is 19.8 Å². The maximum Gasteiger partial charge on any atom is 0.122 e. The average Bonchev–Trinajstić information content (AvgIpc) is 2.50. The zero-order valence-corrected chi connectivity index (χ0v) is 12.2. The van der Waals surface area contributed by atoms with Crippen molar-refractivity contribution in [2.45, 2.75) is 13.3 Å². The van der Waals surface area contributed by atoms with Gasteiger partial charge in [0.15, 0.2) is 0 Å². The first-order chi connectivity index (χ1) is 10.3. The van der Waals surface area contributed by atoms with Crippen molar-refractivity contribution in [3.05, 3.63) is 48.5 Å². The third-order valence-electron chi connectivity index (χ3n) is 2.82. The predicted octanol–water partition coefficient (Wildman–Crippen LogP) is 3.52. The molecule has 0 bridgehead atoms. The molecule has 0 atom stereocenters. The lowest BCUT2D eigenvalue weighted by Gasteiger charge is -2.09. The number of nitrogens with two attached hydrogens (primary N) is 1. The molecule has 112 valence electrons. The van der Waals surface area contributed by atoms with Crippen molar-refractivity contribution >= 4 is 5.69 Å². The Hall–Kier alpha value is -2.36. The van der Waals surface area contributed by atoms with Gasteiger partial charge in [-0.2, -0.15) is 0 Å². The summed E-state index contributed by atoms with van der Waals surface area (Å²) in [6.07, 6.45) is 0.809. The Kier molecular flexibility index (Phi) is 5.76. The molecule has 0 unspecified atom stereocenters. The molecule has 0 aliphatic heterocycles. The molecular weight excluding hydrogens is 266 g/mol. The zero-order valence-electron chi connectivity index (χ0n) is 12.2. The first kappa shape index (κ1) is 15.0. The van der Waals surface area contributed by atoms with Crippen molar-refractivity contribution < 1.29 is 14.2 Å². The molecule has 4 nitrogen and oxygen atoms in total. The molecule has 0 saturated heterocycles. The van der Waals surface area contributed by atoms with E-state index < -0.39 is 0 Å². The van der Waals surface area contributed by atoms with Gasteiger partial charge in [0, 0.05) is 18.2 Å². The number of hydrogen-bond donors (Lipinski definition) is 1. The van der Waals surface area contributed by atoms with Crippen LogP contribution in [-0.2, 0) is 0 Å². The second kappa shape index (κ2) is 8.04. The minimum Gasteiger partial charge on any atom is -0.494 e. The third kappa shape index (κ3) is 5.26. The molecule has 2 aromatic carbocycles. The van der Waals surface area contributed by atoms with Gasteiger partial charge >= 0.3 is 0 Å². The molecule has 0 amide bonds. The summed E-state index contributed by atoms with van der Waals surface area (Å²) in [4.78, 5) is 0. The summed E-state index contributed by atoms with van der Waals surface area (Å²) >= 11 is 0. The Labute approximate surface area is 125 Å². The second-order valence-corrected chi connectivity index (χ2v) is 4.53. The molecule has 0 heterocycles. The number of rotatable bonds is 8. The van der Waals surface area contributed by atoms with Gasteiger partial charge in [-0.1, -0.05) is 6.07 Å². The zero-order chi connectivity index (χ0) is 14.9. The van der Waals surface area contributed by atoms with Gasteiger partial charge in [0.05, 0.1) is 19.8 Å². The van der Waals surface area contributed by atoms with Crippen molar-refractivity contribution in [2.24, 2.45) is 0 Å². The van der Waals surface area contributed by atoms with Gasteiger partial charge in [-0.05, 0) is 43.3 Å². The second-order valence-electron chi connectivity index (χ2n) is 4.53.